The van der Waals surface area contributed by atoms with Gasteiger partial charge in [0, 0.05) is 32.6 Å². The summed E-state index contributed by atoms with van der Waals surface area (Å²) < 4.78 is 67.6. The van der Waals surface area contributed by atoms with E-state index in [1.165, 1.54) is 0 Å². The molecule has 1 saturated heterocycles. The van der Waals surface area contributed by atoms with Gasteiger partial charge in [0.1, 0.15) is 5.71 Å². The summed E-state index contributed by atoms with van der Waals surface area (Å²) in [4.78, 5) is 32.8. The fourth-order valence-electron chi connectivity index (χ4n) is 4.90. The molecule has 0 spiro atoms. The summed E-state index contributed by atoms with van der Waals surface area (Å²) in [5.74, 6) is -4.27. The first-order chi connectivity index (χ1) is 15.6. The van der Waals surface area contributed by atoms with Crippen molar-refractivity contribution in [3.8, 4) is 0 Å². The smallest absolute Gasteiger partial charge is 0.338 e. The Kier molecular flexibility index (Phi) is 6.28. The lowest BCUT2D eigenvalue weighted by Crippen LogP contribution is -2.43. The van der Waals surface area contributed by atoms with Crippen LogP contribution in [0.25, 0.3) is 0 Å². The van der Waals surface area contributed by atoms with Crippen molar-refractivity contribution < 1.29 is 31.5 Å². The zero-order chi connectivity index (χ0) is 23.9. The van der Waals surface area contributed by atoms with Crippen LogP contribution < -0.4 is 0 Å². The Morgan fingerprint density at radius 1 is 1.09 bits per heavy atom. The highest BCUT2D eigenvalue weighted by atomic mass is 19.4. The molecule has 0 atom stereocenters. The van der Waals surface area contributed by atoms with Crippen molar-refractivity contribution in [2.75, 3.05) is 32.7 Å². The fourth-order valence-corrected chi connectivity index (χ4v) is 4.90. The Morgan fingerprint density at radius 3 is 2.42 bits per heavy atom. The van der Waals surface area contributed by atoms with Crippen LogP contribution in [0, 0.1) is 11.6 Å². The highest BCUT2D eigenvalue weighted by Crippen LogP contribution is 2.41. The molecule has 178 valence electrons. The largest absolute Gasteiger partial charge is 0.419 e. The molecule has 1 aromatic rings. The summed E-state index contributed by atoms with van der Waals surface area (Å²) in [6.45, 7) is 3.54. The lowest BCUT2D eigenvalue weighted by molar-refractivity contribution is -0.141. The molecule has 0 saturated carbocycles. The highest BCUT2D eigenvalue weighted by Gasteiger charge is 2.41. The maximum atomic E-state index is 14.0. The second-order valence-corrected chi connectivity index (χ2v) is 8.56. The van der Waals surface area contributed by atoms with E-state index in [1.54, 1.807) is 16.7 Å². The Balaban J connectivity index is 1.45. The second-order valence-electron chi connectivity index (χ2n) is 8.56. The number of carbonyl (C=O) groups is 2. The minimum absolute atomic E-state index is 0.0545. The minimum Gasteiger partial charge on any atom is -0.338 e. The molecule has 3 aliphatic rings. The average molecular weight is 469 g/mol. The van der Waals surface area contributed by atoms with Gasteiger partial charge in [-0.05, 0) is 48.0 Å². The minimum atomic E-state index is -5.01. The number of piperidine rings is 1. The van der Waals surface area contributed by atoms with Gasteiger partial charge in [-0.3, -0.25) is 14.6 Å². The number of amides is 2. The molecule has 1 aromatic carbocycles. The normalized spacial score (nSPS) is 19.6. The lowest BCUT2D eigenvalue weighted by atomic mass is 9.85. The number of benzene rings is 1. The Bertz CT molecular complexity index is 1040. The fraction of sp³-hybridized carbons (Fsp3) is 0.522. The van der Waals surface area contributed by atoms with Gasteiger partial charge in [-0.25, -0.2) is 8.78 Å². The van der Waals surface area contributed by atoms with Crippen molar-refractivity contribution >= 4 is 17.5 Å². The third-order valence-corrected chi connectivity index (χ3v) is 6.64. The van der Waals surface area contributed by atoms with Crippen LogP contribution in [0.2, 0.25) is 0 Å². The Hall–Kier alpha value is -2.78. The lowest BCUT2D eigenvalue weighted by Gasteiger charge is -2.34. The Morgan fingerprint density at radius 2 is 1.79 bits per heavy atom. The molecule has 3 aliphatic heterocycles. The van der Waals surface area contributed by atoms with Gasteiger partial charge in [-0.15, -0.1) is 0 Å². The second kappa shape index (κ2) is 8.87. The van der Waals surface area contributed by atoms with E-state index in [4.69, 9.17) is 0 Å². The van der Waals surface area contributed by atoms with Crippen LogP contribution in [0.4, 0.5) is 22.0 Å². The topological polar surface area (TPSA) is 53.0 Å². The number of nitrogens with zero attached hydrogens (tertiary/aromatic N) is 3. The average Bonchev–Trinajstić information content (AvgIpc) is 3.22. The van der Waals surface area contributed by atoms with E-state index >= 15 is 0 Å². The van der Waals surface area contributed by atoms with Crippen LogP contribution in [0.5, 0.6) is 0 Å². The molecule has 5 nitrogen and oxygen atoms in total. The summed E-state index contributed by atoms with van der Waals surface area (Å²) in [6.07, 6.45) is -3.64. The van der Waals surface area contributed by atoms with Crippen LogP contribution in [0.1, 0.15) is 49.7 Å². The maximum Gasteiger partial charge on any atom is 0.419 e. The molecule has 0 N–H and O–H groups in total. The molecule has 1 fully saturated rings. The number of rotatable bonds is 3. The first-order valence-electron chi connectivity index (χ1n) is 11.0. The highest BCUT2D eigenvalue weighted by molar-refractivity contribution is 6.46. The molecule has 33 heavy (non-hydrogen) atoms. The molecule has 10 heteroatoms. The SMILES string of the molecule is CCC(=O)N1CCC2=C(CN=C2C(=O)N2CCC(c3ccc(F)c(F)c3C(F)(F)F)CC2)C1. The zero-order valence-corrected chi connectivity index (χ0v) is 18.1. The van der Waals surface area contributed by atoms with E-state index in [0.29, 0.717) is 44.3 Å². The van der Waals surface area contributed by atoms with E-state index in [9.17, 15) is 31.5 Å². The number of halogens is 5. The number of carbonyl (C=O) groups excluding carboxylic acids is 2. The van der Waals surface area contributed by atoms with Gasteiger partial charge in [0.25, 0.3) is 5.91 Å². The van der Waals surface area contributed by atoms with Crippen molar-refractivity contribution in [1.29, 1.82) is 0 Å². The van der Waals surface area contributed by atoms with E-state index in [2.05, 4.69) is 4.99 Å². The molecule has 0 aromatic heterocycles. The predicted octanol–water partition coefficient (Wildman–Crippen LogP) is 4.08. The molecule has 2 amide bonds. The molecular formula is C23H24F5N3O2. The van der Waals surface area contributed by atoms with Crippen LogP contribution in [0.3, 0.4) is 0 Å². The molecular weight excluding hydrogens is 445 g/mol. The summed E-state index contributed by atoms with van der Waals surface area (Å²) in [6, 6.07) is 1.71. The van der Waals surface area contributed by atoms with Gasteiger partial charge in [-0.1, -0.05) is 13.0 Å². The number of aliphatic imine (C=N–C) groups is 1. The quantitative estimate of drug-likeness (QED) is 0.627. The molecule has 0 aliphatic carbocycles. The van der Waals surface area contributed by atoms with Crippen LogP contribution in [-0.4, -0.2) is 60.0 Å². The van der Waals surface area contributed by atoms with Gasteiger partial charge in [0.2, 0.25) is 5.91 Å². The number of likely N-dealkylation sites (tertiary alicyclic amines) is 1. The molecule has 0 radical (unpaired) electrons. The molecule has 4 rings (SSSR count). The summed E-state index contributed by atoms with van der Waals surface area (Å²) >= 11 is 0. The van der Waals surface area contributed by atoms with Gasteiger partial charge in [0.05, 0.1) is 12.1 Å². The van der Waals surface area contributed by atoms with Crippen molar-refractivity contribution in [3.63, 3.8) is 0 Å². The van der Waals surface area contributed by atoms with Crippen molar-refractivity contribution in [3.05, 3.63) is 46.0 Å². The van der Waals surface area contributed by atoms with Crippen LogP contribution in [-0.2, 0) is 15.8 Å². The molecule has 0 unspecified atom stereocenters. The van der Waals surface area contributed by atoms with Gasteiger partial charge in [-0.2, -0.15) is 13.2 Å². The van der Waals surface area contributed by atoms with E-state index < -0.39 is 29.3 Å². The standard InChI is InChI=1S/C23H24F5N3O2/c1-2-18(32)31-10-7-16-14(12-31)11-29-21(16)22(33)30-8-5-13(6-9-30)15-3-4-17(24)20(25)19(15)23(26,27)28/h3-4,13H,2,5-12H2,1H3. The van der Waals surface area contributed by atoms with Crippen LogP contribution in [0.15, 0.2) is 28.3 Å². The van der Waals surface area contributed by atoms with Gasteiger partial charge < -0.3 is 9.80 Å². The van der Waals surface area contributed by atoms with Gasteiger partial charge in [0.15, 0.2) is 11.6 Å². The first kappa shape index (κ1) is 23.4. The molecule has 0 bridgehead atoms. The third kappa shape index (κ3) is 4.39. The zero-order valence-electron chi connectivity index (χ0n) is 18.1. The number of hydrogen-bond donors (Lipinski definition) is 0. The van der Waals surface area contributed by atoms with Crippen LogP contribution >= 0.6 is 0 Å². The van der Waals surface area contributed by atoms with E-state index in [0.717, 1.165) is 17.2 Å². The summed E-state index contributed by atoms with van der Waals surface area (Å²) in [5.41, 5.74) is 0.358. The van der Waals surface area contributed by atoms with Crippen molar-refractivity contribution in [2.45, 2.75) is 44.7 Å². The number of hydrogen-bond acceptors (Lipinski definition) is 3. The number of alkyl halides is 3. The van der Waals surface area contributed by atoms with E-state index in [1.807, 2.05) is 0 Å². The maximum absolute atomic E-state index is 14.0. The van der Waals surface area contributed by atoms with Gasteiger partial charge >= 0.3 is 6.18 Å². The predicted molar refractivity (Wildman–Crippen MR) is 111 cm³/mol. The summed E-state index contributed by atoms with van der Waals surface area (Å²) in [7, 11) is 0. The van der Waals surface area contributed by atoms with Crippen molar-refractivity contribution in [2.24, 2.45) is 4.99 Å². The third-order valence-electron chi connectivity index (χ3n) is 6.64. The first-order valence-corrected chi connectivity index (χ1v) is 11.0. The summed E-state index contributed by atoms with van der Waals surface area (Å²) in [5, 5.41) is 0. The van der Waals surface area contributed by atoms with Crippen molar-refractivity contribution in [1.82, 2.24) is 9.80 Å². The molecule has 3 heterocycles. The Labute approximate surface area is 187 Å². The monoisotopic (exact) mass is 469 g/mol. The van der Waals surface area contributed by atoms with E-state index in [-0.39, 0.29) is 43.3 Å².